The van der Waals surface area contributed by atoms with Gasteiger partial charge in [0.05, 0.1) is 19.9 Å². The van der Waals surface area contributed by atoms with Crippen molar-refractivity contribution in [2.24, 2.45) is 0 Å². The lowest BCUT2D eigenvalue weighted by molar-refractivity contribution is 0.0951. The van der Waals surface area contributed by atoms with Gasteiger partial charge in [-0.15, -0.1) is 0 Å². The number of nitrogens with one attached hydrogen (secondary N) is 1. The second-order valence-electron chi connectivity index (χ2n) is 7.80. The Morgan fingerprint density at radius 3 is 2.55 bits per heavy atom. The van der Waals surface area contributed by atoms with Gasteiger partial charge in [0, 0.05) is 36.6 Å². The van der Waals surface area contributed by atoms with Crippen LogP contribution in [0, 0.1) is 13.8 Å². The van der Waals surface area contributed by atoms with Crippen molar-refractivity contribution in [2.45, 2.75) is 20.4 Å². The number of hydrogen-bond acceptors (Lipinski definition) is 5. The fourth-order valence-corrected chi connectivity index (χ4v) is 3.72. The van der Waals surface area contributed by atoms with E-state index in [1.807, 2.05) is 26.0 Å². The summed E-state index contributed by atoms with van der Waals surface area (Å²) in [5.74, 6) is 0.772. The van der Waals surface area contributed by atoms with Gasteiger partial charge in [0.15, 0.2) is 11.5 Å². The standard InChI is InChI=1S/C25H26N4O4/c1-16-5-6-17(2)19(13-16)20-15-21-25(31)28(11-12-29(21)27-20)10-9-26-24(30)18-7-8-22(32-3)23(14-18)33-4/h5-8,11-15H,9-10H2,1-4H3,(H,26,30). The Morgan fingerprint density at radius 1 is 1.00 bits per heavy atom. The van der Waals surface area contributed by atoms with Crippen LogP contribution in [0.25, 0.3) is 16.8 Å². The van der Waals surface area contributed by atoms with Crippen molar-refractivity contribution in [2.75, 3.05) is 20.8 Å². The van der Waals surface area contributed by atoms with E-state index >= 15 is 0 Å². The maximum Gasteiger partial charge on any atom is 0.276 e. The number of ether oxygens (including phenoxy) is 2. The second-order valence-corrected chi connectivity index (χ2v) is 7.80. The Kier molecular flexibility index (Phi) is 6.17. The number of carbonyl (C=O) groups excluding carboxylic acids is 1. The third kappa shape index (κ3) is 4.45. The minimum absolute atomic E-state index is 0.165. The zero-order valence-electron chi connectivity index (χ0n) is 19.1. The van der Waals surface area contributed by atoms with E-state index in [1.165, 1.54) is 14.2 Å². The summed E-state index contributed by atoms with van der Waals surface area (Å²) in [6, 6.07) is 12.9. The lowest BCUT2D eigenvalue weighted by atomic mass is 10.0. The number of carbonyl (C=O) groups is 1. The van der Waals surface area contributed by atoms with Crippen LogP contribution in [0.3, 0.4) is 0 Å². The highest BCUT2D eigenvalue weighted by Crippen LogP contribution is 2.27. The van der Waals surface area contributed by atoms with E-state index in [0.29, 0.717) is 35.7 Å². The first-order chi connectivity index (χ1) is 15.9. The maximum absolute atomic E-state index is 13.0. The molecule has 2 heterocycles. The molecule has 8 heteroatoms. The SMILES string of the molecule is COc1ccc(C(=O)NCCn2ccn3nc(-c4cc(C)ccc4C)cc3c2=O)cc1OC. The smallest absolute Gasteiger partial charge is 0.276 e. The van der Waals surface area contributed by atoms with Gasteiger partial charge in [0.25, 0.3) is 11.5 Å². The molecule has 4 rings (SSSR count). The van der Waals surface area contributed by atoms with Crippen molar-refractivity contribution < 1.29 is 14.3 Å². The highest BCUT2D eigenvalue weighted by Gasteiger charge is 2.13. The molecule has 0 aliphatic heterocycles. The van der Waals surface area contributed by atoms with Crippen LogP contribution in [0.4, 0.5) is 0 Å². The van der Waals surface area contributed by atoms with E-state index in [1.54, 1.807) is 39.7 Å². The number of aryl methyl sites for hydroxylation is 2. The number of benzene rings is 2. The average molecular weight is 447 g/mol. The number of hydrogen-bond donors (Lipinski definition) is 1. The quantitative estimate of drug-likeness (QED) is 0.471. The van der Waals surface area contributed by atoms with Gasteiger partial charge < -0.3 is 19.4 Å². The molecule has 0 bridgehead atoms. The molecule has 0 unspecified atom stereocenters. The Bertz CT molecular complexity index is 1390. The van der Waals surface area contributed by atoms with Crippen LogP contribution in [0.15, 0.2) is 59.7 Å². The Morgan fingerprint density at radius 2 is 1.79 bits per heavy atom. The number of nitrogens with zero attached hydrogens (tertiary/aromatic N) is 3. The van der Waals surface area contributed by atoms with Crippen molar-refractivity contribution in [1.29, 1.82) is 0 Å². The van der Waals surface area contributed by atoms with Crippen molar-refractivity contribution in [1.82, 2.24) is 19.5 Å². The van der Waals surface area contributed by atoms with Crippen LogP contribution in [0.1, 0.15) is 21.5 Å². The summed E-state index contributed by atoms with van der Waals surface area (Å²) < 4.78 is 13.6. The number of methoxy groups -OCH3 is 2. The first kappa shape index (κ1) is 22.1. The molecule has 0 fully saturated rings. The number of fused-ring (bicyclic) bond motifs is 1. The van der Waals surface area contributed by atoms with Gasteiger partial charge >= 0.3 is 0 Å². The predicted molar refractivity (Wildman–Crippen MR) is 126 cm³/mol. The Balaban J connectivity index is 1.49. The van der Waals surface area contributed by atoms with Gasteiger partial charge in [-0.05, 0) is 49.7 Å². The van der Waals surface area contributed by atoms with E-state index in [-0.39, 0.29) is 11.5 Å². The molecule has 170 valence electrons. The van der Waals surface area contributed by atoms with E-state index < -0.39 is 0 Å². The third-order valence-electron chi connectivity index (χ3n) is 5.56. The summed E-state index contributed by atoms with van der Waals surface area (Å²) in [5.41, 5.74) is 4.77. The first-order valence-corrected chi connectivity index (χ1v) is 10.6. The van der Waals surface area contributed by atoms with Crippen molar-refractivity contribution in [3.05, 3.63) is 81.9 Å². The topological polar surface area (TPSA) is 86.9 Å². The highest BCUT2D eigenvalue weighted by atomic mass is 16.5. The molecule has 0 saturated carbocycles. The molecular formula is C25H26N4O4. The van der Waals surface area contributed by atoms with Crippen LogP contribution in [-0.2, 0) is 6.54 Å². The molecule has 33 heavy (non-hydrogen) atoms. The highest BCUT2D eigenvalue weighted by molar-refractivity contribution is 5.94. The van der Waals surface area contributed by atoms with Crippen LogP contribution >= 0.6 is 0 Å². The Hall–Kier alpha value is -4.07. The molecule has 0 aliphatic rings. The molecule has 4 aromatic rings. The molecule has 0 radical (unpaired) electrons. The van der Waals surface area contributed by atoms with Crippen LogP contribution in [-0.4, -0.2) is 40.9 Å². The van der Waals surface area contributed by atoms with E-state index in [4.69, 9.17) is 9.47 Å². The predicted octanol–water partition coefficient (Wildman–Crippen LogP) is 3.23. The molecular weight excluding hydrogens is 420 g/mol. The van der Waals surface area contributed by atoms with Gasteiger partial charge in [-0.3, -0.25) is 9.59 Å². The molecule has 0 atom stereocenters. The number of rotatable bonds is 7. The maximum atomic E-state index is 13.0. The molecule has 0 saturated heterocycles. The minimum atomic E-state index is -0.258. The minimum Gasteiger partial charge on any atom is -0.493 e. The summed E-state index contributed by atoms with van der Waals surface area (Å²) in [7, 11) is 3.06. The summed E-state index contributed by atoms with van der Waals surface area (Å²) in [6.07, 6.45) is 3.43. The largest absolute Gasteiger partial charge is 0.493 e. The van der Waals surface area contributed by atoms with Gasteiger partial charge in [-0.2, -0.15) is 5.10 Å². The molecule has 0 spiro atoms. The summed E-state index contributed by atoms with van der Waals surface area (Å²) >= 11 is 0. The van der Waals surface area contributed by atoms with E-state index in [2.05, 4.69) is 22.5 Å². The molecule has 2 aromatic carbocycles. The number of amides is 1. The van der Waals surface area contributed by atoms with Crippen molar-refractivity contribution >= 4 is 11.4 Å². The summed E-state index contributed by atoms with van der Waals surface area (Å²) in [4.78, 5) is 25.5. The molecule has 1 amide bonds. The van der Waals surface area contributed by atoms with Crippen LogP contribution < -0.4 is 20.3 Å². The second kappa shape index (κ2) is 9.20. The zero-order chi connectivity index (χ0) is 23.5. The normalized spacial score (nSPS) is 10.9. The molecule has 0 aliphatic carbocycles. The first-order valence-electron chi connectivity index (χ1n) is 10.6. The van der Waals surface area contributed by atoms with E-state index in [9.17, 15) is 9.59 Å². The van der Waals surface area contributed by atoms with Gasteiger partial charge in [0.2, 0.25) is 0 Å². The number of aromatic nitrogens is 3. The lowest BCUT2D eigenvalue weighted by Crippen LogP contribution is -2.31. The average Bonchev–Trinajstić information content (AvgIpc) is 3.26. The summed E-state index contributed by atoms with van der Waals surface area (Å²) in [5, 5.41) is 7.42. The fourth-order valence-electron chi connectivity index (χ4n) is 3.72. The third-order valence-corrected chi connectivity index (χ3v) is 5.56. The Labute approximate surface area is 191 Å². The van der Waals surface area contributed by atoms with Gasteiger partial charge in [0.1, 0.15) is 5.52 Å². The summed E-state index contributed by atoms with van der Waals surface area (Å²) in [6.45, 7) is 4.68. The van der Waals surface area contributed by atoms with Crippen molar-refractivity contribution in [3.8, 4) is 22.8 Å². The van der Waals surface area contributed by atoms with Gasteiger partial charge in [-0.1, -0.05) is 17.7 Å². The monoisotopic (exact) mass is 446 g/mol. The molecule has 1 N–H and O–H groups in total. The van der Waals surface area contributed by atoms with E-state index in [0.717, 1.165) is 22.4 Å². The molecule has 8 nitrogen and oxygen atoms in total. The molecule has 2 aromatic heterocycles. The van der Waals surface area contributed by atoms with Crippen LogP contribution in [0.2, 0.25) is 0 Å². The lowest BCUT2D eigenvalue weighted by Gasteiger charge is -2.10. The zero-order valence-corrected chi connectivity index (χ0v) is 19.1. The van der Waals surface area contributed by atoms with Crippen LogP contribution in [0.5, 0.6) is 11.5 Å². The van der Waals surface area contributed by atoms with Crippen molar-refractivity contribution in [3.63, 3.8) is 0 Å². The van der Waals surface area contributed by atoms with Gasteiger partial charge in [-0.25, -0.2) is 4.52 Å². The fraction of sp³-hybridized carbons (Fsp3) is 0.240.